The van der Waals surface area contributed by atoms with Gasteiger partial charge in [0.2, 0.25) is 0 Å². The highest BCUT2D eigenvalue weighted by Gasteiger charge is 2.31. The van der Waals surface area contributed by atoms with E-state index in [-0.39, 0.29) is 0 Å². The minimum atomic E-state index is -2.17. The van der Waals surface area contributed by atoms with Gasteiger partial charge in [0, 0.05) is 0 Å². The van der Waals surface area contributed by atoms with Crippen LogP contribution in [0.5, 0.6) is 0 Å². The Kier molecular flexibility index (Phi) is 5.41. The van der Waals surface area contributed by atoms with Crippen molar-refractivity contribution in [3.8, 4) is 0 Å². The Bertz CT molecular complexity index is 350. The van der Waals surface area contributed by atoms with E-state index in [1.165, 1.54) is 63.0 Å². The van der Waals surface area contributed by atoms with Crippen molar-refractivity contribution < 1.29 is 0 Å². The van der Waals surface area contributed by atoms with E-state index >= 15 is 0 Å². The molecule has 0 aromatic carbocycles. The van der Waals surface area contributed by atoms with E-state index < -0.39 is 6.69 Å². The summed E-state index contributed by atoms with van der Waals surface area (Å²) in [5, 5.41) is 1.44. The third kappa shape index (κ3) is 3.88. The summed E-state index contributed by atoms with van der Waals surface area (Å²) in [5.41, 5.74) is 3.15. The van der Waals surface area contributed by atoms with E-state index in [4.69, 9.17) is 22.2 Å². The van der Waals surface area contributed by atoms with Crippen molar-refractivity contribution in [2.75, 3.05) is 0 Å². The van der Waals surface area contributed by atoms with Crippen LogP contribution in [0.4, 0.5) is 0 Å². The van der Waals surface area contributed by atoms with Gasteiger partial charge < -0.3 is 0 Å². The van der Waals surface area contributed by atoms with Gasteiger partial charge in [-0.15, -0.1) is 22.2 Å². The molecule has 0 atom stereocenters. The summed E-state index contributed by atoms with van der Waals surface area (Å²) in [4.78, 5) is 0. The first-order valence-corrected chi connectivity index (χ1v) is 11.9. The molecule has 3 heteroatoms. The van der Waals surface area contributed by atoms with Crippen LogP contribution in [0.15, 0.2) is 22.4 Å². The molecule has 0 saturated carbocycles. The Morgan fingerprint density at radius 1 is 0.889 bits per heavy atom. The highest BCUT2D eigenvalue weighted by Crippen LogP contribution is 2.39. The van der Waals surface area contributed by atoms with E-state index in [9.17, 15) is 0 Å². The second kappa shape index (κ2) is 6.63. The maximum Gasteiger partial charge on any atom is 0.274 e. The van der Waals surface area contributed by atoms with Crippen LogP contribution in [0.3, 0.4) is 0 Å². The van der Waals surface area contributed by atoms with Crippen molar-refractivity contribution in [3.05, 3.63) is 22.4 Å². The van der Waals surface area contributed by atoms with Crippen LogP contribution < -0.4 is 0 Å². The van der Waals surface area contributed by atoms with Crippen LogP contribution in [0.1, 0.15) is 64.2 Å². The smallest absolute Gasteiger partial charge is 0.140 e. The molecule has 2 aliphatic carbocycles. The van der Waals surface area contributed by atoms with Crippen LogP contribution >= 0.6 is 22.2 Å². The number of allylic oxidation sites excluding steroid dienone is 4. The molecule has 18 heavy (non-hydrogen) atoms. The fraction of sp³-hybridized carbons (Fsp3) is 0.733. The molecule has 0 heterocycles. The lowest BCUT2D eigenvalue weighted by molar-refractivity contribution is 0.699. The van der Waals surface area contributed by atoms with Gasteiger partial charge >= 0.3 is 0 Å². The SMILES string of the molecule is C[Si](Cl)(Cl)C1=C(C2=CCCCCC2)CCCCC1. The maximum atomic E-state index is 6.56. The zero-order chi connectivity index (χ0) is 13.0. The van der Waals surface area contributed by atoms with E-state index in [0.29, 0.717) is 0 Å². The third-order valence-electron chi connectivity index (χ3n) is 4.18. The summed E-state index contributed by atoms with van der Waals surface area (Å²) < 4.78 is 0. The highest BCUT2D eigenvalue weighted by atomic mass is 35.7. The number of hydrogen-bond donors (Lipinski definition) is 0. The van der Waals surface area contributed by atoms with Crippen LogP contribution in [0, 0.1) is 0 Å². The molecule has 0 aliphatic heterocycles. The fourth-order valence-electron chi connectivity index (χ4n) is 3.21. The molecule has 0 amide bonds. The largest absolute Gasteiger partial charge is 0.274 e. The van der Waals surface area contributed by atoms with Crippen molar-refractivity contribution >= 4 is 28.9 Å². The highest BCUT2D eigenvalue weighted by molar-refractivity contribution is 7.48. The molecule has 2 rings (SSSR count). The molecule has 0 N–H and O–H groups in total. The second-order valence-corrected chi connectivity index (χ2v) is 13.2. The Hall–Kier alpha value is 0.277. The number of hydrogen-bond acceptors (Lipinski definition) is 0. The quantitative estimate of drug-likeness (QED) is 0.419. The number of halogens is 2. The van der Waals surface area contributed by atoms with Gasteiger partial charge in [-0.2, -0.15) is 0 Å². The van der Waals surface area contributed by atoms with Gasteiger partial charge in [-0.25, -0.2) is 0 Å². The van der Waals surface area contributed by atoms with Gasteiger partial charge in [0.1, 0.15) is 0 Å². The third-order valence-corrected chi connectivity index (χ3v) is 7.16. The first-order chi connectivity index (χ1) is 8.59. The van der Waals surface area contributed by atoms with Crippen LogP contribution in [0.2, 0.25) is 6.55 Å². The van der Waals surface area contributed by atoms with E-state index in [2.05, 4.69) is 12.6 Å². The molecule has 0 spiro atoms. The Morgan fingerprint density at radius 3 is 2.33 bits per heavy atom. The first kappa shape index (κ1) is 14.7. The molecule has 0 fully saturated rings. The molecule has 2 aliphatic rings. The summed E-state index contributed by atoms with van der Waals surface area (Å²) in [6, 6.07) is 0. The molecule has 0 bridgehead atoms. The first-order valence-electron chi connectivity index (χ1n) is 7.39. The van der Waals surface area contributed by atoms with Crippen molar-refractivity contribution in [3.63, 3.8) is 0 Å². The predicted molar refractivity (Wildman–Crippen MR) is 84.6 cm³/mol. The van der Waals surface area contributed by atoms with Gasteiger partial charge in [-0.1, -0.05) is 18.9 Å². The molecule has 0 unspecified atom stereocenters. The molecule has 0 saturated heterocycles. The zero-order valence-corrected chi connectivity index (χ0v) is 13.9. The van der Waals surface area contributed by atoms with Gasteiger partial charge in [0.15, 0.2) is 0 Å². The topological polar surface area (TPSA) is 0 Å². The molecular weight excluding hydrogens is 279 g/mol. The molecular formula is C15H24Cl2Si. The monoisotopic (exact) mass is 302 g/mol. The molecule has 0 radical (unpaired) electrons. The van der Waals surface area contributed by atoms with Crippen LogP contribution in [0.25, 0.3) is 0 Å². The maximum absolute atomic E-state index is 6.56. The Balaban J connectivity index is 2.33. The lowest BCUT2D eigenvalue weighted by atomic mass is 9.97. The van der Waals surface area contributed by atoms with Crippen molar-refractivity contribution in [1.82, 2.24) is 0 Å². The average Bonchev–Trinajstić information content (AvgIpc) is 2.70. The van der Waals surface area contributed by atoms with Crippen LogP contribution in [-0.2, 0) is 0 Å². The standard InChI is InChI=1S/C15H24Cl2Si/c1-18(16,17)15-12-8-4-7-11-14(15)13-9-5-2-3-6-10-13/h9H,2-8,10-12H2,1H3. The van der Waals surface area contributed by atoms with Crippen molar-refractivity contribution in [1.29, 1.82) is 0 Å². The van der Waals surface area contributed by atoms with Gasteiger partial charge in [-0.3, -0.25) is 0 Å². The molecule has 102 valence electrons. The minimum Gasteiger partial charge on any atom is -0.140 e. The molecule has 0 aromatic rings. The Labute approximate surface area is 122 Å². The summed E-state index contributed by atoms with van der Waals surface area (Å²) in [6.45, 7) is -0.0914. The van der Waals surface area contributed by atoms with E-state index in [0.717, 1.165) is 6.42 Å². The van der Waals surface area contributed by atoms with Crippen molar-refractivity contribution in [2.24, 2.45) is 0 Å². The minimum absolute atomic E-state index is 1.14. The fourth-order valence-corrected chi connectivity index (χ4v) is 5.89. The zero-order valence-electron chi connectivity index (χ0n) is 11.4. The predicted octanol–water partition coefficient (Wildman–Crippen LogP) is 6.23. The van der Waals surface area contributed by atoms with Crippen LogP contribution in [-0.4, -0.2) is 6.69 Å². The summed E-state index contributed by atoms with van der Waals surface area (Å²) in [5.74, 6) is 0. The normalized spacial score (nSPS) is 23.4. The van der Waals surface area contributed by atoms with Crippen molar-refractivity contribution in [2.45, 2.75) is 70.8 Å². The van der Waals surface area contributed by atoms with Gasteiger partial charge in [0.25, 0.3) is 6.69 Å². The second-order valence-electron chi connectivity index (χ2n) is 5.73. The lowest BCUT2D eigenvalue weighted by Crippen LogP contribution is -2.20. The van der Waals surface area contributed by atoms with E-state index in [1.54, 1.807) is 11.1 Å². The number of rotatable bonds is 2. The summed E-state index contributed by atoms with van der Waals surface area (Å²) >= 11 is 13.1. The molecule has 0 nitrogen and oxygen atoms in total. The summed E-state index contributed by atoms with van der Waals surface area (Å²) in [6.07, 6.45) is 15.3. The van der Waals surface area contributed by atoms with Gasteiger partial charge in [-0.05, 0) is 74.3 Å². The lowest BCUT2D eigenvalue weighted by Gasteiger charge is -2.21. The Morgan fingerprint density at radius 2 is 1.56 bits per heavy atom. The van der Waals surface area contributed by atoms with E-state index in [1.807, 2.05) is 0 Å². The van der Waals surface area contributed by atoms with Gasteiger partial charge in [0.05, 0.1) is 0 Å². The summed E-state index contributed by atoms with van der Waals surface area (Å²) in [7, 11) is 0. The molecule has 0 aromatic heterocycles. The average molecular weight is 303 g/mol.